The maximum absolute atomic E-state index is 12.6. The number of alkyl halides is 3. The zero-order valence-electron chi connectivity index (χ0n) is 12.4. The number of nitrogens with zero attached hydrogens (tertiary/aromatic N) is 1. The third-order valence-corrected chi connectivity index (χ3v) is 4.23. The highest BCUT2D eigenvalue weighted by Gasteiger charge is 2.30. The van der Waals surface area contributed by atoms with Crippen LogP contribution in [0.1, 0.15) is 41.4 Å². The Kier molecular flexibility index (Phi) is 4.15. The van der Waals surface area contributed by atoms with Crippen molar-refractivity contribution in [1.82, 2.24) is 9.88 Å². The number of carbonyl (C=O) groups excluding carboxylic acids is 1. The van der Waals surface area contributed by atoms with Crippen LogP contribution in [0.15, 0.2) is 36.4 Å². The van der Waals surface area contributed by atoms with E-state index in [1.54, 1.807) is 4.90 Å². The van der Waals surface area contributed by atoms with E-state index in [9.17, 15) is 18.0 Å². The summed E-state index contributed by atoms with van der Waals surface area (Å²) in [7, 11) is 0. The molecule has 1 N–H and O–H groups in total. The summed E-state index contributed by atoms with van der Waals surface area (Å²) in [6.07, 6.45) is -0.992. The van der Waals surface area contributed by atoms with Crippen molar-refractivity contribution in [3.8, 4) is 0 Å². The summed E-state index contributed by atoms with van der Waals surface area (Å²) < 4.78 is 37.7. The van der Waals surface area contributed by atoms with Gasteiger partial charge >= 0.3 is 6.18 Å². The van der Waals surface area contributed by atoms with E-state index in [1.165, 1.54) is 12.1 Å². The zero-order chi connectivity index (χ0) is 16.4. The predicted octanol–water partition coefficient (Wildman–Crippen LogP) is 3.92. The van der Waals surface area contributed by atoms with E-state index in [-0.39, 0.29) is 6.04 Å². The average Bonchev–Trinajstić information content (AvgIpc) is 3.15. The fourth-order valence-electron chi connectivity index (χ4n) is 3.04. The number of amides is 1. The number of likely N-dealkylation sites (tertiary alicyclic amines) is 1. The smallest absolute Gasteiger partial charge is 0.360 e. The number of halogens is 3. The molecule has 3 rings (SSSR count). The minimum Gasteiger partial charge on any atom is -0.360 e. The van der Waals surface area contributed by atoms with Gasteiger partial charge < -0.3 is 9.88 Å². The Morgan fingerprint density at radius 3 is 2.57 bits per heavy atom. The van der Waals surface area contributed by atoms with Crippen molar-refractivity contribution < 1.29 is 18.0 Å². The lowest BCUT2D eigenvalue weighted by molar-refractivity contribution is -0.137. The third kappa shape index (κ3) is 3.41. The van der Waals surface area contributed by atoms with Gasteiger partial charge in [0.15, 0.2) is 0 Å². The lowest BCUT2D eigenvalue weighted by Gasteiger charge is -2.18. The SMILES string of the molecule is O=CN1CCCC1c1ccc(Cc2ccc(C(F)(F)F)cc2)[nH]1. The molecule has 1 amide bonds. The van der Waals surface area contributed by atoms with E-state index in [2.05, 4.69) is 4.98 Å². The highest BCUT2D eigenvalue weighted by Crippen LogP contribution is 2.31. The molecular weight excluding hydrogens is 305 g/mol. The first kappa shape index (κ1) is 15.6. The number of aromatic amines is 1. The zero-order valence-corrected chi connectivity index (χ0v) is 12.4. The molecule has 1 unspecified atom stereocenters. The topological polar surface area (TPSA) is 36.1 Å². The maximum atomic E-state index is 12.6. The summed E-state index contributed by atoms with van der Waals surface area (Å²) in [6, 6.07) is 9.15. The summed E-state index contributed by atoms with van der Waals surface area (Å²) in [5.41, 5.74) is 2.08. The van der Waals surface area contributed by atoms with E-state index in [4.69, 9.17) is 0 Å². The summed E-state index contributed by atoms with van der Waals surface area (Å²) in [4.78, 5) is 16.1. The highest BCUT2D eigenvalue weighted by atomic mass is 19.4. The van der Waals surface area contributed by atoms with Gasteiger partial charge in [-0.2, -0.15) is 13.2 Å². The van der Waals surface area contributed by atoms with Gasteiger partial charge in [-0.25, -0.2) is 0 Å². The minimum absolute atomic E-state index is 0.0776. The number of aromatic nitrogens is 1. The second-order valence-corrected chi connectivity index (χ2v) is 5.81. The van der Waals surface area contributed by atoms with Crippen LogP contribution in [-0.4, -0.2) is 22.8 Å². The number of hydrogen-bond donors (Lipinski definition) is 1. The van der Waals surface area contributed by atoms with Gasteiger partial charge in [-0.15, -0.1) is 0 Å². The number of carbonyl (C=O) groups is 1. The molecule has 1 aliphatic heterocycles. The number of H-pyrrole nitrogens is 1. The molecule has 1 aliphatic rings. The molecular formula is C17H17F3N2O. The summed E-state index contributed by atoms with van der Waals surface area (Å²) >= 11 is 0. The third-order valence-electron chi connectivity index (χ3n) is 4.23. The number of hydrogen-bond acceptors (Lipinski definition) is 1. The molecule has 2 heterocycles. The van der Waals surface area contributed by atoms with Crippen molar-refractivity contribution in [2.24, 2.45) is 0 Å². The molecule has 122 valence electrons. The van der Waals surface area contributed by atoms with Crippen LogP contribution in [0.3, 0.4) is 0 Å². The molecule has 6 heteroatoms. The van der Waals surface area contributed by atoms with E-state index < -0.39 is 11.7 Å². The molecule has 1 fully saturated rings. The second-order valence-electron chi connectivity index (χ2n) is 5.81. The Labute approximate surface area is 132 Å². The van der Waals surface area contributed by atoms with Crippen molar-refractivity contribution >= 4 is 6.41 Å². The normalized spacial score (nSPS) is 18.4. The minimum atomic E-state index is -4.31. The first-order valence-corrected chi connectivity index (χ1v) is 7.52. The molecule has 0 bridgehead atoms. The molecule has 0 radical (unpaired) electrons. The number of nitrogens with one attached hydrogen (secondary N) is 1. The first-order chi connectivity index (χ1) is 11.0. The van der Waals surface area contributed by atoms with Crippen LogP contribution < -0.4 is 0 Å². The van der Waals surface area contributed by atoms with Crippen LogP contribution in [0.2, 0.25) is 0 Å². The molecule has 1 saturated heterocycles. The fraction of sp³-hybridized carbons (Fsp3) is 0.353. The van der Waals surface area contributed by atoms with Gasteiger partial charge in [0.2, 0.25) is 6.41 Å². The van der Waals surface area contributed by atoms with Gasteiger partial charge in [-0.3, -0.25) is 4.79 Å². The number of rotatable bonds is 4. The van der Waals surface area contributed by atoms with Crippen LogP contribution in [0.25, 0.3) is 0 Å². The van der Waals surface area contributed by atoms with Gasteiger partial charge in [0.05, 0.1) is 11.6 Å². The predicted molar refractivity (Wildman–Crippen MR) is 79.8 cm³/mol. The van der Waals surface area contributed by atoms with Crippen LogP contribution in [0.5, 0.6) is 0 Å². The largest absolute Gasteiger partial charge is 0.416 e. The Morgan fingerprint density at radius 1 is 1.17 bits per heavy atom. The maximum Gasteiger partial charge on any atom is 0.416 e. The Hall–Kier alpha value is -2.24. The summed E-state index contributed by atoms with van der Waals surface area (Å²) in [5.74, 6) is 0. The molecule has 0 aliphatic carbocycles. The van der Waals surface area contributed by atoms with Crippen LogP contribution in [0, 0.1) is 0 Å². The number of benzene rings is 1. The monoisotopic (exact) mass is 322 g/mol. The Bertz CT molecular complexity index is 676. The average molecular weight is 322 g/mol. The fourth-order valence-corrected chi connectivity index (χ4v) is 3.04. The van der Waals surface area contributed by atoms with E-state index in [0.717, 1.165) is 54.9 Å². The van der Waals surface area contributed by atoms with E-state index in [0.29, 0.717) is 6.42 Å². The quantitative estimate of drug-likeness (QED) is 0.851. The Morgan fingerprint density at radius 2 is 1.91 bits per heavy atom. The van der Waals surface area contributed by atoms with Gasteiger partial charge in [-0.1, -0.05) is 12.1 Å². The molecule has 1 aromatic heterocycles. The summed E-state index contributed by atoms with van der Waals surface area (Å²) in [6.45, 7) is 0.765. The molecule has 2 aromatic rings. The Balaban J connectivity index is 1.70. The van der Waals surface area contributed by atoms with Crippen molar-refractivity contribution in [3.63, 3.8) is 0 Å². The van der Waals surface area contributed by atoms with Gasteiger partial charge in [0.1, 0.15) is 0 Å². The first-order valence-electron chi connectivity index (χ1n) is 7.52. The van der Waals surface area contributed by atoms with Crippen molar-refractivity contribution in [1.29, 1.82) is 0 Å². The van der Waals surface area contributed by atoms with Gasteiger partial charge in [-0.05, 0) is 42.7 Å². The van der Waals surface area contributed by atoms with Crippen LogP contribution >= 0.6 is 0 Å². The van der Waals surface area contributed by atoms with E-state index in [1.807, 2.05) is 12.1 Å². The molecule has 23 heavy (non-hydrogen) atoms. The van der Waals surface area contributed by atoms with Crippen molar-refractivity contribution in [2.45, 2.75) is 31.5 Å². The van der Waals surface area contributed by atoms with Crippen LogP contribution in [0.4, 0.5) is 13.2 Å². The second kappa shape index (κ2) is 6.10. The van der Waals surface area contributed by atoms with Gasteiger partial charge in [0, 0.05) is 24.4 Å². The van der Waals surface area contributed by atoms with E-state index >= 15 is 0 Å². The lowest BCUT2D eigenvalue weighted by atomic mass is 10.1. The molecule has 0 spiro atoms. The van der Waals surface area contributed by atoms with Crippen molar-refractivity contribution in [2.75, 3.05) is 6.54 Å². The lowest BCUT2D eigenvalue weighted by Crippen LogP contribution is -2.21. The standard InChI is InChI=1S/C17H17F3N2O/c18-17(19,20)13-5-3-12(4-6-13)10-14-7-8-15(21-14)16-2-1-9-22(16)11-23/h3-8,11,16,21H,1-2,9-10H2. The van der Waals surface area contributed by atoms with Crippen LogP contribution in [-0.2, 0) is 17.4 Å². The molecule has 0 saturated carbocycles. The van der Waals surface area contributed by atoms with Crippen molar-refractivity contribution in [3.05, 3.63) is 58.9 Å². The molecule has 1 atom stereocenters. The molecule has 1 aromatic carbocycles. The summed E-state index contributed by atoms with van der Waals surface area (Å²) in [5, 5.41) is 0. The van der Waals surface area contributed by atoms with Gasteiger partial charge in [0.25, 0.3) is 0 Å². The highest BCUT2D eigenvalue weighted by molar-refractivity contribution is 5.49. The molecule has 3 nitrogen and oxygen atoms in total.